The highest BCUT2D eigenvalue weighted by molar-refractivity contribution is 5.83. The third-order valence-electron chi connectivity index (χ3n) is 5.83. The van der Waals surface area contributed by atoms with Crippen molar-refractivity contribution < 1.29 is 13.9 Å². The number of aromatic amines is 1. The van der Waals surface area contributed by atoms with Crippen molar-refractivity contribution in [3.63, 3.8) is 0 Å². The molecule has 1 atom stereocenters. The van der Waals surface area contributed by atoms with Crippen LogP contribution in [0.4, 0.5) is 4.39 Å². The maximum Gasteiger partial charge on any atom is 0.126 e. The van der Waals surface area contributed by atoms with E-state index in [0.29, 0.717) is 12.6 Å². The molecule has 2 heterocycles. The fourth-order valence-corrected chi connectivity index (χ4v) is 4.38. The largest absolute Gasteiger partial charge is 0.496 e. The van der Waals surface area contributed by atoms with Crippen molar-refractivity contribution in [2.75, 3.05) is 26.8 Å². The van der Waals surface area contributed by atoms with Crippen LogP contribution < -0.4 is 9.47 Å². The number of nitrogens with zero attached hydrogens (tertiary/aromatic N) is 1. The Labute approximate surface area is 171 Å². The van der Waals surface area contributed by atoms with E-state index in [0.717, 1.165) is 61.2 Å². The Hall–Kier alpha value is -2.53. The summed E-state index contributed by atoms with van der Waals surface area (Å²) in [5.41, 5.74) is 3.35. The van der Waals surface area contributed by atoms with Gasteiger partial charge >= 0.3 is 0 Å². The van der Waals surface area contributed by atoms with E-state index in [2.05, 4.69) is 16.8 Å². The predicted octanol–water partition coefficient (Wildman–Crippen LogP) is 4.96. The number of rotatable bonds is 8. The SMILES string of the molecule is CCCN(CCCc1c[nH]c2ccc(F)cc12)[C@H]1COc2cccc(OC)c2C1. The summed E-state index contributed by atoms with van der Waals surface area (Å²) in [5.74, 6) is 1.67. The number of benzene rings is 2. The first-order chi connectivity index (χ1) is 14.2. The van der Waals surface area contributed by atoms with Crippen LogP contribution in [-0.2, 0) is 12.8 Å². The van der Waals surface area contributed by atoms with E-state index in [4.69, 9.17) is 9.47 Å². The minimum absolute atomic E-state index is 0.182. The molecule has 0 saturated carbocycles. The normalized spacial score (nSPS) is 16.1. The standard InChI is InChI=1S/C24H29FN2O2/c1-3-11-27(19-14-21-23(28-2)7-4-8-24(21)29-16-19)12-5-6-17-15-26-22-10-9-18(25)13-20(17)22/h4,7-10,13,15,19,26H,3,5-6,11-12,14,16H2,1-2H3/t19-/m1/s1. The van der Waals surface area contributed by atoms with Gasteiger partial charge in [0.25, 0.3) is 0 Å². The van der Waals surface area contributed by atoms with Gasteiger partial charge in [0.1, 0.15) is 23.9 Å². The van der Waals surface area contributed by atoms with Gasteiger partial charge < -0.3 is 14.5 Å². The summed E-state index contributed by atoms with van der Waals surface area (Å²) in [6.45, 7) is 4.96. The van der Waals surface area contributed by atoms with Crippen molar-refractivity contribution in [2.45, 2.75) is 38.6 Å². The molecule has 1 N–H and O–H groups in total. The molecule has 154 valence electrons. The topological polar surface area (TPSA) is 37.5 Å². The molecule has 0 aliphatic carbocycles. The molecule has 1 aromatic heterocycles. The van der Waals surface area contributed by atoms with E-state index in [-0.39, 0.29) is 5.82 Å². The highest BCUT2D eigenvalue weighted by Crippen LogP contribution is 2.34. The molecule has 0 spiro atoms. The molecule has 5 heteroatoms. The first-order valence-electron chi connectivity index (χ1n) is 10.5. The number of nitrogens with one attached hydrogen (secondary N) is 1. The molecular formula is C24H29FN2O2. The number of halogens is 1. The van der Waals surface area contributed by atoms with E-state index in [1.165, 1.54) is 17.2 Å². The third-order valence-corrected chi connectivity index (χ3v) is 5.83. The quantitative estimate of drug-likeness (QED) is 0.585. The van der Waals surface area contributed by atoms with Crippen molar-refractivity contribution in [1.82, 2.24) is 9.88 Å². The van der Waals surface area contributed by atoms with Crippen molar-refractivity contribution in [3.8, 4) is 11.5 Å². The molecule has 0 unspecified atom stereocenters. The van der Waals surface area contributed by atoms with Gasteiger partial charge in [-0.05, 0) is 74.7 Å². The van der Waals surface area contributed by atoms with Crippen LogP contribution in [0, 0.1) is 5.82 Å². The van der Waals surface area contributed by atoms with Crippen LogP contribution in [0.5, 0.6) is 11.5 Å². The summed E-state index contributed by atoms with van der Waals surface area (Å²) in [7, 11) is 1.72. The minimum Gasteiger partial charge on any atom is -0.496 e. The van der Waals surface area contributed by atoms with E-state index in [1.807, 2.05) is 30.5 Å². The van der Waals surface area contributed by atoms with Crippen LogP contribution in [0.3, 0.4) is 0 Å². The second-order valence-corrected chi connectivity index (χ2v) is 7.75. The summed E-state index contributed by atoms with van der Waals surface area (Å²) in [6.07, 6.45) is 6.01. The maximum absolute atomic E-state index is 13.6. The van der Waals surface area contributed by atoms with Gasteiger partial charge in [-0.15, -0.1) is 0 Å². The van der Waals surface area contributed by atoms with E-state index >= 15 is 0 Å². The molecule has 1 aliphatic rings. The average molecular weight is 397 g/mol. The molecule has 0 bridgehead atoms. The molecular weight excluding hydrogens is 367 g/mol. The van der Waals surface area contributed by atoms with Gasteiger partial charge in [0.15, 0.2) is 0 Å². The monoisotopic (exact) mass is 396 g/mol. The fourth-order valence-electron chi connectivity index (χ4n) is 4.38. The van der Waals surface area contributed by atoms with E-state index in [9.17, 15) is 4.39 Å². The molecule has 4 nitrogen and oxygen atoms in total. The lowest BCUT2D eigenvalue weighted by Gasteiger charge is -2.35. The van der Waals surface area contributed by atoms with Crippen molar-refractivity contribution >= 4 is 10.9 Å². The molecule has 0 saturated heterocycles. The van der Waals surface area contributed by atoms with E-state index < -0.39 is 0 Å². The first kappa shape index (κ1) is 19.8. The molecule has 0 fully saturated rings. The van der Waals surface area contributed by atoms with Gasteiger partial charge in [-0.25, -0.2) is 4.39 Å². The Morgan fingerprint density at radius 1 is 1.24 bits per heavy atom. The van der Waals surface area contributed by atoms with Gasteiger partial charge in [-0.1, -0.05) is 13.0 Å². The lowest BCUT2D eigenvalue weighted by molar-refractivity contribution is 0.116. The van der Waals surface area contributed by atoms with Gasteiger partial charge in [0, 0.05) is 28.7 Å². The Bertz CT molecular complexity index is 954. The van der Waals surface area contributed by atoms with Gasteiger partial charge in [-0.3, -0.25) is 4.90 Å². The summed E-state index contributed by atoms with van der Waals surface area (Å²) in [5, 5.41) is 0.992. The van der Waals surface area contributed by atoms with Crippen LogP contribution in [0.15, 0.2) is 42.6 Å². The average Bonchev–Trinajstić information content (AvgIpc) is 3.14. The minimum atomic E-state index is -0.182. The first-order valence-corrected chi connectivity index (χ1v) is 10.5. The summed E-state index contributed by atoms with van der Waals surface area (Å²) in [6, 6.07) is 11.3. The molecule has 0 amide bonds. The zero-order valence-electron chi connectivity index (χ0n) is 17.2. The Kier molecular flexibility index (Phi) is 6.05. The van der Waals surface area contributed by atoms with Crippen LogP contribution in [0.2, 0.25) is 0 Å². The smallest absolute Gasteiger partial charge is 0.126 e. The predicted molar refractivity (Wildman–Crippen MR) is 114 cm³/mol. The number of methoxy groups -OCH3 is 1. The number of hydrogen-bond acceptors (Lipinski definition) is 3. The van der Waals surface area contributed by atoms with Crippen LogP contribution in [0.25, 0.3) is 10.9 Å². The highest BCUT2D eigenvalue weighted by atomic mass is 19.1. The number of hydrogen-bond donors (Lipinski definition) is 1. The molecule has 3 aromatic rings. The van der Waals surface area contributed by atoms with Crippen LogP contribution in [0.1, 0.15) is 30.9 Å². The number of H-pyrrole nitrogens is 1. The number of aryl methyl sites for hydroxylation is 1. The second kappa shape index (κ2) is 8.87. The van der Waals surface area contributed by atoms with Crippen molar-refractivity contribution in [1.29, 1.82) is 0 Å². The van der Waals surface area contributed by atoms with Gasteiger partial charge in [-0.2, -0.15) is 0 Å². The second-order valence-electron chi connectivity index (χ2n) is 7.75. The third kappa shape index (κ3) is 4.25. The summed E-state index contributed by atoms with van der Waals surface area (Å²) in [4.78, 5) is 5.78. The van der Waals surface area contributed by atoms with Crippen LogP contribution in [-0.4, -0.2) is 42.7 Å². The van der Waals surface area contributed by atoms with Gasteiger partial charge in [0.2, 0.25) is 0 Å². The summed E-state index contributed by atoms with van der Waals surface area (Å²) >= 11 is 0. The van der Waals surface area contributed by atoms with Crippen molar-refractivity contribution in [2.24, 2.45) is 0 Å². The van der Waals surface area contributed by atoms with Crippen molar-refractivity contribution in [3.05, 3.63) is 59.5 Å². The molecule has 1 aliphatic heterocycles. The van der Waals surface area contributed by atoms with Gasteiger partial charge in [0.05, 0.1) is 7.11 Å². The highest BCUT2D eigenvalue weighted by Gasteiger charge is 2.27. The van der Waals surface area contributed by atoms with E-state index in [1.54, 1.807) is 13.2 Å². The molecule has 2 aromatic carbocycles. The zero-order chi connectivity index (χ0) is 20.2. The van der Waals surface area contributed by atoms with Crippen LogP contribution >= 0.6 is 0 Å². The number of fused-ring (bicyclic) bond motifs is 2. The molecule has 0 radical (unpaired) electrons. The Balaban J connectivity index is 1.42. The maximum atomic E-state index is 13.6. The molecule has 29 heavy (non-hydrogen) atoms. The number of aromatic nitrogens is 1. The molecule has 4 rings (SSSR count). The summed E-state index contributed by atoms with van der Waals surface area (Å²) < 4.78 is 25.2. The Morgan fingerprint density at radius 3 is 2.97 bits per heavy atom. The Morgan fingerprint density at radius 2 is 2.14 bits per heavy atom. The number of ether oxygens (including phenoxy) is 2. The fraction of sp³-hybridized carbons (Fsp3) is 0.417. The lowest BCUT2D eigenvalue weighted by atomic mass is 9.99. The zero-order valence-corrected chi connectivity index (χ0v) is 17.2. The lowest BCUT2D eigenvalue weighted by Crippen LogP contribution is -2.44.